The lowest BCUT2D eigenvalue weighted by Gasteiger charge is -2.19. The van der Waals surface area contributed by atoms with E-state index in [0.717, 1.165) is 4.47 Å². The van der Waals surface area contributed by atoms with Crippen LogP contribution in [0.15, 0.2) is 16.6 Å². The molecule has 1 aromatic rings. The van der Waals surface area contributed by atoms with Crippen molar-refractivity contribution in [2.24, 2.45) is 0 Å². The Bertz CT molecular complexity index is 367. The number of amides is 1. The summed E-state index contributed by atoms with van der Waals surface area (Å²) in [5.74, 6) is 1.35. The Balaban J connectivity index is 2.40. The zero-order valence-corrected chi connectivity index (χ0v) is 8.83. The molecule has 0 fully saturated rings. The third-order valence-electron chi connectivity index (χ3n) is 1.85. The van der Waals surface area contributed by atoms with Gasteiger partial charge in [0.15, 0.2) is 11.5 Å². The smallest absolute Gasteiger partial charge is 0.211 e. The Labute approximate surface area is 89.3 Å². The molecule has 0 saturated heterocycles. The molecule has 1 heterocycles. The molecule has 0 bridgehead atoms. The molecule has 14 heavy (non-hydrogen) atoms. The number of benzene rings is 1. The van der Waals surface area contributed by atoms with Crippen molar-refractivity contribution < 1.29 is 14.3 Å². The van der Waals surface area contributed by atoms with Crippen LogP contribution in [0, 0.1) is 0 Å². The molecule has 1 aromatic carbocycles. The van der Waals surface area contributed by atoms with Gasteiger partial charge in [-0.3, -0.25) is 4.79 Å². The number of carbonyl (C=O) groups is 1. The molecule has 2 rings (SSSR count). The predicted octanol–water partition coefficient (Wildman–Crippen LogP) is 1.79. The second-order valence-corrected chi connectivity index (χ2v) is 3.59. The minimum absolute atomic E-state index is 0.537. The van der Waals surface area contributed by atoms with E-state index < -0.39 is 0 Å². The number of anilines is 1. The van der Waals surface area contributed by atoms with E-state index in [9.17, 15) is 4.79 Å². The average Bonchev–Trinajstić information content (AvgIpc) is 2.19. The van der Waals surface area contributed by atoms with E-state index in [-0.39, 0.29) is 0 Å². The van der Waals surface area contributed by atoms with Crippen LogP contribution in [0.25, 0.3) is 0 Å². The molecule has 5 heteroatoms. The topological polar surface area (TPSA) is 47.6 Å². The maximum absolute atomic E-state index is 10.3. The van der Waals surface area contributed by atoms with E-state index in [1.54, 1.807) is 12.1 Å². The minimum Gasteiger partial charge on any atom is -0.486 e. The fraction of sp³-hybridized carbons (Fsp3) is 0.222. The van der Waals surface area contributed by atoms with Crippen LogP contribution in [0.5, 0.6) is 11.5 Å². The summed E-state index contributed by atoms with van der Waals surface area (Å²) in [6, 6.07) is 3.51. The number of nitrogens with one attached hydrogen (secondary N) is 1. The van der Waals surface area contributed by atoms with Crippen molar-refractivity contribution >= 4 is 28.0 Å². The van der Waals surface area contributed by atoms with Crippen molar-refractivity contribution in [3.05, 3.63) is 16.6 Å². The first-order chi connectivity index (χ1) is 6.81. The molecule has 0 unspecified atom stereocenters. The molecule has 0 radical (unpaired) electrons. The lowest BCUT2D eigenvalue weighted by Crippen LogP contribution is -2.15. The van der Waals surface area contributed by atoms with Crippen LogP contribution in [0.4, 0.5) is 5.69 Å². The molecular weight excluding hydrogens is 250 g/mol. The Morgan fingerprint density at radius 2 is 1.93 bits per heavy atom. The maximum Gasteiger partial charge on any atom is 0.211 e. The van der Waals surface area contributed by atoms with Gasteiger partial charge in [-0.2, -0.15) is 0 Å². The molecule has 0 saturated carbocycles. The highest BCUT2D eigenvalue weighted by molar-refractivity contribution is 9.10. The zero-order valence-electron chi connectivity index (χ0n) is 7.25. The van der Waals surface area contributed by atoms with Crippen LogP contribution in [0.1, 0.15) is 0 Å². The number of hydrogen-bond donors (Lipinski definition) is 1. The number of carbonyl (C=O) groups excluding carboxylic acids is 1. The minimum atomic E-state index is 0.537. The predicted molar refractivity (Wildman–Crippen MR) is 54.8 cm³/mol. The molecule has 0 aromatic heterocycles. The van der Waals surface area contributed by atoms with E-state index in [0.29, 0.717) is 36.8 Å². The maximum atomic E-state index is 10.3. The second-order valence-electron chi connectivity index (χ2n) is 2.74. The summed E-state index contributed by atoms with van der Waals surface area (Å²) in [5, 5.41) is 2.56. The average molecular weight is 258 g/mol. The Morgan fingerprint density at radius 1 is 1.29 bits per heavy atom. The quantitative estimate of drug-likeness (QED) is 0.822. The van der Waals surface area contributed by atoms with E-state index in [2.05, 4.69) is 21.2 Å². The van der Waals surface area contributed by atoms with Gasteiger partial charge in [-0.05, 0) is 15.9 Å². The third kappa shape index (κ3) is 1.68. The molecule has 0 atom stereocenters. The van der Waals surface area contributed by atoms with Gasteiger partial charge in [0.2, 0.25) is 6.41 Å². The SMILES string of the molecule is O=CNc1cc2c(cc1Br)OCCO2. The largest absolute Gasteiger partial charge is 0.486 e. The van der Waals surface area contributed by atoms with Gasteiger partial charge in [0.05, 0.1) is 5.69 Å². The summed E-state index contributed by atoms with van der Waals surface area (Å²) < 4.78 is 11.5. The molecule has 1 amide bonds. The summed E-state index contributed by atoms with van der Waals surface area (Å²) in [5.41, 5.74) is 0.671. The van der Waals surface area contributed by atoms with Crippen molar-refractivity contribution in [3.63, 3.8) is 0 Å². The van der Waals surface area contributed by atoms with Crippen molar-refractivity contribution in [1.29, 1.82) is 0 Å². The summed E-state index contributed by atoms with van der Waals surface area (Å²) in [6.45, 7) is 1.09. The molecule has 1 N–H and O–H groups in total. The van der Waals surface area contributed by atoms with Crippen LogP contribution < -0.4 is 14.8 Å². The van der Waals surface area contributed by atoms with Crippen LogP contribution in [-0.2, 0) is 4.79 Å². The van der Waals surface area contributed by atoms with Gasteiger partial charge in [-0.1, -0.05) is 0 Å². The third-order valence-corrected chi connectivity index (χ3v) is 2.50. The number of halogens is 1. The molecule has 4 nitrogen and oxygen atoms in total. The lowest BCUT2D eigenvalue weighted by atomic mass is 10.2. The number of hydrogen-bond acceptors (Lipinski definition) is 3. The summed E-state index contributed by atoms with van der Waals surface area (Å²) in [7, 11) is 0. The molecule has 0 aliphatic carbocycles. The van der Waals surface area contributed by atoms with Gasteiger partial charge >= 0.3 is 0 Å². The van der Waals surface area contributed by atoms with Gasteiger partial charge in [0, 0.05) is 16.6 Å². The molecule has 1 aliphatic rings. The Morgan fingerprint density at radius 3 is 2.57 bits per heavy atom. The van der Waals surface area contributed by atoms with Crippen LogP contribution in [-0.4, -0.2) is 19.6 Å². The highest BCUT2D eigenvalue weighted by Crippen LogP contribution is 2.37. The van der Waals surface area contributed by atoms with Gasteiger partial charge in [-0.25, -0.2) is 0 Å². The first-order valence-corrected chi connectivity index (χ1v) is 4.90. The van der Waals surface area contributed by atoms with E-state index in [4.69, 9.17) is 9.47 Å². The van der Waals surface area contributed by atoms with Gasteiger partial charge in [0.1, 0.15) is 13.2 Å². The normalized spacial score (nSPS) is 13.5. The van der Waals surface area contributed by atoms with Crippen molar-refractivity contribution in [3.8, 4) is 11.5 Å². The highest BCUT2D eigenvalue weighted by atomic mass is 79.9. The lowest BCUT2D eigenvalue weighted by molar-refractivity contribution is -0.105. The van der Waals surface area contributed by atoms with Crippen LogP contribution in [0.2, 0.25) is 0 Å². The second kappa shape index (κ2) is 3.88. The highest BCUT2D eigenvalue weighted by Gasteiger charge is 2.14. The number of rotatable bonds is 2. The monoisotopic (exact) mass is 257 g/mol. The fourth-order valence-corrected chi connectivity index (χ4v) is 1.67. The number of ether oxygens (including phenoxy) is 2. The summed E-state index contributed by atoms with van der Waals surface area (Å²) >= 11 is 3.32. The van der Waals surface area contributed by atoms with E-state index in [1.165, 1.54) is 0 Å². The van der Waals surface area contributed by atoms with E-state index >= 15 is 0 Å². The van der Waals surface area contributed by atoms with E-state index in [1.807, 2.05) is 0 Å². The number of fused-ring (bicyclic) bond motifs is 1. The molecular formula is C9H8BrNO3. The summed E-state index contributed by atoms with van der Waals surface area (Å²) in [4.78, 5) is 10.3. The van der Waals surface area contributed by atoms with Gasteiger partial charge < -0.3 is 14.8 Å². The van der Waals surface area contributed by atoms with Gasteiger partial charge in [0.25, 0.3) is 0 Å². The first-order valence-electron chi connectivity index (χ1n) is 4.10. The molecule has 74 valence electrons. The van der Waals surface area contributed by atoms with Crippen LogP contribution in [0.3, 0.4) is 0 Å². The first kappa shape index (κ1) is 9.33. The molecule has 0 spiro atoms. The van der Waals surface area contributed by atoms with Crippen molar-refractivity contribution in [2.45, 2.75) is 0 Å². The van der Waals surface area contributed by atoms with Crippen LogP contribution >= 0.6 is 15.9 Å². The Hall–Kier alpha value is -1.23. The fourth-order valence-electron chi connectivity index (χ4n) is 1.24. The van der Waals surface area contributed by atoms with Crippen molar-refractivity contribution in [1.82, 2.24) is 0 Å². The zero-order chi connectivity index (χ0) is 9.97. The van der Waals surface area contributed by atoms with Crippen molar-refractivity contribution in [2.75, 3.05) is 18.5 Å². The standard InChI is InChI=1S/C9H8BrNO3/c10-6-3-8-9(14-2-1-13-8)4-7(6)11-5-12/h3-5H,1-2H2,(H,11,12). The van der Waals surface area contributed by atoms with Gasteiger partial charge in [-0.15, -0.1) is 0 Å². The summed E-state index contributed by atoms with van der Waals surface area (Å²) in [6.07, 6.45) is 0.621. The molecule has 1 aliphatic heterocycles. The Kier molecular flexibility index (Phi) is 2.58.